The molecule has 2 amide bonds. The Hall–Kier alpha value is -2.24. The lowest BCUT2D eigenvalue weighted by Gasteiger charge is -2.34. The highest BCUT2D eigenvalue weighted by molar-refractivity contribution is 5.77. The van der Waals surface area contributed by atoms with Crippen molar-refractivity contribution in [3.63, 3.8) is 0 Å². The highest BCUT2D eigenvalue weighted by atomic mass is 16.6. The highest BCUT2D eigenvalue weighted by Crippen LogP contribution is 2.09. The molecule has 0 radical (unpaired) electrons. The van der Waals surface area contributed by atoms with Gasteiger partial charge in [0.25, 0.3) is 0 Å². The predicted octanol–water partition coefficient (Wildman–Crippen LogP) is 2.10. The van der Waals surface area contributed by atoms with Crippen LogP contribution in [0.4, 0.5) is 10.5 Å². The number of carbonyl (C=O) groups is 2. The first-order valence-electron chi connectivity index (χ1n) is 8.10. The fourth-order valence-electron chi connectivity index (χ4n) is 2.50. The van der Waals surface area contributed by atoms with Crippen molar-refractivity contribution in [2.24, 2.45) is 0 Å². The second-order valence-electron chi connectivity index (χ2n) is 5.61. The molecule has 1 fully saturated rings. The Labute approximate surface area is 137 Å². The molecule has 0 aromatic heterocycles. The van der Waals surface area contributed by atoms with Crippen LogP contribution in [0.25, 0.3) is 0 Å². The van der Waals surface area contributed by atoms with Crippen LogP contribution in [0.2, 0.25) is 0 Å². The predicted molar refractivity (Wildman–Crippen MR) is 89.5 cm³/mol. The molecule has 0 aliphatic carbocycles. The van der Waals surface area contributed by atoms with E-state index in [2.05, 4.69) is 5.32 Å². The normalized spacial score (nSPS) is 14.5. The number of amides is 2. The summed E-state index contributed by atoms with van der Waals surface area (Å²) in [5.41, 5.74) is 2.24. The first kappa shape index (κ1) is 17.1. The molecule has 1 aromatic carbocycles. The van der Waals surface area contributed by atoms with Gasteiger partial charge in [0.2, 0.25) is 5.91 Å². The molecule has 0 saturated carbocycles. The molecule has 1 aromatic rings. The van der Waals surface area contributed by atoms with Crippen LogP contribution in [0.15, 0.2) is 24.3 Å². The quantitative estimate of drug-likeness (QED) is 0.903. The molecular formula is C17H25N3O3. The summed E-state index contributed by atoms with van der Waals surface area (Å²) in [6.45, 7) is 7.04. The Morgan fingerprint density at radius 3 is 2.30 bits per heavy atom. The molecule has 0 unspecified atom stereocenters. The Morgan fingerprint density at radius 2 is 1.70 bits per heavy atom. The molecule has 6 nitrogen and oxygen atoms in total. The number of rotatable bonds is 5. The molecule has 1 saturated heterocycles. The smallest absolute Gasteiger partial charge is 0.409 e. The maximum absolute atomic E-state index is 12.2. The van der Waals surface area contributed by atoms with Crippen molar-refractivity contribution in [2.45, 2.75) is 20.3 Å². The number of anilines is 1. The first-order chi connectivity index (χ1) is 11.1. The number of aryl methyl sites for hydroxylation is 1. The Morgan fingerprint density at radius 1 is 1.09 bits per heavy atom. The topological polar surface area (TPSA) is 61.9 Å². The minimum absolute atomic E-state index is 0.119. The van der Waals surface area contributed by atoms with Gasteiger partial charge in [-0.1, -0.05) is 17.7 Å². The molecule has 1 aliphatic rings. The number of hydrogen-bond donors (Lipinski definition) is 1. The van der Waals surface area contributed by atoms with Gasteiger partial charge in [0.05, 0.1) is 6.61 Å². The monoisotopic (exact) mass is 319 g/mol. The van der Waals surface area contributed by atoms with E-state index >= 15 is 0 Å². The minimum atomic E-state index is -0.291. The van der Waals surface area contributed by atoms with Crippen LogP contribution in [0.1, 0.15) is 18.9 Å². The summed E-state index contributed by atoms with van der Waals surface area (Å²) in [6.07, 6.45) is 0.161. The molecule has 1 aliphatic heterocycles. The van der Waals surface area contributed by atoms with Crippen molar-refractivity contribution in [3.8, 4) is 0 Å². The second-order valence-corrected chi connectivity index (χ2v) is 5.61. The van der Waals surface area contributed by atoms with E-state index in [0.29, 0.717) is 45.8 Å². The Bertz CT molecular complexity index is 522. The Kier molecular flexibility index (Phi) is 6.26. The number of ether oxygens (including phenoxy) is 1. The van der Waals surface area contributed by atoms with Crippen molar-refractivity contribution < 1.29 is 14.3 Å². The molecule has 0 bridgehead atoms. The zero-order valence-electron chi connectivity index (χ0n) is 13.9. The van der Waals surface area contributed by atoms with Crippen LogP contribution in [-0.2, 0) is 9.53 Å². The molecule has 0 spiro atoms. The summed E-state index contributed by atoms with van der Waals surface area (Å²) >= 11 is 0. The van der Waals surface area contributed by atoms with Gasteiger partial charge >= 0.3 is 6.09 Å². The largest absolute Gasteiger partial charge is 0.450 e. The van der Waals surface area contributed by atoms with E-state index in [1.54, 1.807) is 11.8 Å². The van der Waals surface area contributed by atoms with Crippen LogP contribution < -0.4 is 5.32 Å². The lowest BCUT2D eigenvalue weighted by Crippen LogP contribution is -2.50. The second kappa shape index (κ2) is 8.41. The van der Waals surface area contributed by atoms with Gasteiger partial charge in [-0.05, 0) is 26.0 Å². The first-order valence-corrected chi connectivity index (χ1v) is 8.10. The van der Waals surface area contributed by atoms with Gasteiger partial charge in [-0.25, -0.2) is 4.79 Å². The number of benzene rings is 1. The van der Waals surface area contributed by atoms with E-state index in [0.717, 1.165) is 5.69 Å². The maximum Gasteiger partial charge on any atom is 0.409 e. The lowest BCUT2D eigenvalue weighted by atomic mass is 10.2. The third kappa shape index (κ3) is 5.16. The summed E-state index contributed by atoms with van der Waals surface area (Å²) in [7, 11) is 0. The van der Waals surface area contributed by atoms with E-state index in [-0.39, 0.29) is 12.0 Å². The number of hydrogen-bond acceptors (Lipinski definition) is 4. The van der Waals surface area contributed by atoms with Gasteiger partial charge in [-0.2, -0.15) is 0 Å². The molecule has 6 heteroatoms. The fraction of sp³-hybridized carbons (Fsp3) is 0.529. The van der Waals surface area contributed by atoms with E-state index in [1.165, 1.54) is 5.56 Å². The SMILES string of the molecule is CCOC(=O)N1CCN(C(=O)CCNc2ccc(C)cc2)CC1. The molecule has 2 rings (SSSR count). The molecule has 1 heterocycles. The third-order valence-electron chi connectivity index (χ3n) is 3.88. The van der Waals surface area contributed by atoms with Crippen LogP contribution in [0.3, 0.4) is 0 Å². The molecule has 1 N–H and O–H groups in total. The molecular weight excluding hydrogens is 294 g/mol. The number of nitrogens with one attached hydrogen (secondary N) is 1. The maximum atomic E-state index is 12.2. The van der Waals surface area contributed by atoms with Gasteiger partial charge in [-0.3, -0.25) is 4.79 Å². The summed E-state index contributed by atoms with van der Waals surface area (Å²) in [5, 5.41) is 3.25. The van der Waals surface area contributed by atoms with Crippen LogP contribution in [0, 0.1) is 6.92 Å². The van der Waals surface area contributed by atoms with E-state index in [9.17, 15) is 9.59 Å². The molecule has 0 atom stereocenters. The third-order valence-corrected chi connectivity index (χ3v) is 3.88. The van der Waals surface area contributed by atoms with Gasteiger partial charge in [-0.15, -0.1) is 0 Å². The van der Waals surface area contributed by atoms with Gasteiger partial charge < -0.3 is 19.9 Å². The van der Waals surface area contributed by atoms with E-state index in [1.807, 2.05) is 36.1 Å². The zero-order chi connectivity index (χ0) is 16.7. The van der Waals surface area contributed by atoms with Crippen molar-refractivity contribution in [2.75, 3.05) is 44.6 Å². The van der Waals surface area contributed by atoms with Crippen LogP contribution in [-0.4, -0.2) is 61.1 Å². The number of nitrogens with zero attached hydrogens (tertiary/aromatic N) is 2. The summed E-state index contributed by atoms with van der Waals surface area (Å²) in [5.74, 6) is 0.119. The highest BCUT2D eigenvalue weighted by Gasteiger charge is 2.24. The average molecular weight is 319 g/mol. The van der Waals surface area contributed by atoms with Crippen molar-refractivity contribution >= 4 is 17.7 Å². The van der Waals surface area contributed by atoms with Crippen molar-refractivity contribution in [3.05, 3.63) is 29.8 Å². The van der Waals surface area contributed by atoms with E-state index in [4.69, 9.17) is 4.74 Å². The minimum Gasteiger partial charge on any atom is -0.450 e. The summed E-state index contributed by atoms with van der Waals surface area (Å²) in [6, 6.07) is 8.10. The van der Waals surface area contributed by atoms with Gasteiger partial charge in [0.1, 0.15) is 0 Å². The van der Waals surface area contributed by atoms with Crippen LogP contribution >= 0.6 is 0 Å². The standard InChI is InChI=1S/C17H25N3O3/c1-3-23-17(22)20-12-10-19(11-13-20)16(21)8-9-18-15-6-4-14(2)5-7-15/h4-7,18H,3,8-13H2,1-2H3. The van der Waals surface area contributed by atoms with Crippen molar-refractivity contribution in [1.82, 2.24) is 9.80 Å². The molecule has 23 heavy (non-hydrogen) atoms. The fourth-order valence-corrected chi connectivity index (χ4v) is 2.50. The molecule has 126 valence electrons. The summed E-state index contributed by atoms with van der Waals surface area (Å²) in [4.78, 5) is 27.3. The van der Waals surface area contributed by atoms with Gasteiger partial charge in [0.15, 0.2) is 0 Å². The summed E-state index contributed by atoms with van der Waals surface area (Å²) < 4.78 is 4.97. The average Bonchev–Trinajstić information content (AvgIpc) is 2.57. The van der Waals surface area contributed by atoms with Gasteiger partial charge in [0, 0.05) is 44.8 Å². The number of carbonyl (C=O) groups excluding carboxylic acids is 2. The Balaban J connectivity index is 1.68. The van der Waals surface area contributed by atoms with Crippen molar-refractivity contribution in [1.29, 1.82) is 0 Å². The van der Waals surface area contributed by atoms with E-state index < -0.39 is 0 Å². The van der Waals surface area contributed by atoms with Crippen LogP contribution in [0.5, 0.6) is 0 Å². The zero-order valence-corrected chi connectivity index (χ0v) is 13.9. The lowest BCUT2D eigenvalue weighted by molar-refractivity contribution is -0.132. The number of piperazine rings is 1.